The number of aliphatic hydroxyl groups is 1. The molecule has 1 aromatic heterocycles. The third kappa shape index (κ3) is 3.08. The molecule has 0 aromatic carbocycles. The third-order valence-corrected chi connectivity index (χ3v) is 1.93. The van der Waals surface area contributed by atoms with Crippen molar-refractivity contribution in [3.8, 4) is 0 Å². The van der Waals surface area contributed by atoms with Crippen LogP contribution in [0.3, 0.4) is 0 Å². The summed E-state index contributed by atoms with van der Waals surface area (Å²) in [5.74, 6) is 0.943. The Balaban J connectivity index is 2.38. The maximum Gasteiger partial charge on any atom is 0.141 e. The number of nitrogens with one attached hydrogen (secondary N) is 1. The van der Waals surface area contributed by atoms with Gasteiger partial charge in [0.25, 0.3) is 0 Å². The van der Waals surface area contributed by atoms with Gasteiger partial charge in [-0.05, 0) is 26.8 Å². The Hall–Kier alpha value is -0.940. The molecule has 5 heteroatoms. The van der Waals surface area contributed by atoms with Gasteiger partial charge in [-0.2, -0.15) is 5.10 Å². The van der Waals surface area contributed by atoms with Gasteiger partial charge in [-0.25, -0.2) is 9.67 Å². The topological polar surface area (TPSA) is 63.0 Å². The van der Waals surface area contributed by atoms with Gasteiger partial charge in [0.1, 0.15) is 12.2 Å². The van der Waals surface area contributed by atoms with Gasteiger partial charge >= 0.3 is 0 Å². The van der Waals surface area contributed by atoms with Gasteiger partial charge < -0.3 is 10.4 Å². The maximum atomic E-state index is 8.59. The summed E-state index contributed by atoms with van der Waals surface area (Å²) in [4.78, 5) is 4.16. The molecule has 0 fully saturated rings. The number of hydrogen-bond acceptors (Lipinski definition) is 4. The van der Waals surface area contributed by atoms with Crippen LogP contribution in [-0.2, 0) is 6.54 Å². The first-order chi connectivity index (χ1) is 6.75. The van der Waals surface area contributed by atoms with Gasteiger partial charge in [0.15, 0.2) is 0 Å². The summed E-state index contributed by atoms with van der Waals surface area (Å²) in [6, 6.07) is 0.340. The molecular weight excluding hydrogens is 180 g/mol. The second-order valence-corrected chi connectivity index (χ2v) is 3.47. The molecule has 0 bridgehead atoms. The van der Waals surface area contributed by atoms with Crippen molar-refractivity contribution in [2.45, 2.75) is 32.9 Å². The lowest BCUT2D eigenvalue weighted by Crippen LogP contribution is -2.20. The van der Waals surface area contributed by atoms with Crippen molar-refractivity contribution < 1.29 is 5.11 Å². The van der Waals surface area contributed by atoms with Crippen molar-refractivity contribution in [2.24, 2.45) is 0 Å². The second kappa shape index (κ2) is 5.72. The van der Waals surface area contributed by atoms with E-state index in [-0.39, 0.29) is 6.61 Å². The van der Waals surface area contributed by atoms with Gasteiger partial charge in [-0.3, -0.25) is 0 Å². The fourth-order valence-electron chi connectivity index (χ4n) is 1.24. The quantitative estimate of drug-likeness (QED) is 0.647. The molecule has 0 aliphatic rings. The van der Waals surface area contributed by atoms with Crippen LogP contribution < -0.4 is 5.32 Å². The average molecular weight is 198 g/mol. The lowest BCUT2D eigenvalue weighted by atomic mass is 10.4. The monoisotopic (exact) mass is 198 g/mol. The van der Waals surface area contributed by atoms with E-state index in [0.29, 0.717) is 12.6 Å². The van der Waals surface area contributed by atoms with Crippen molar-refractivity contribution in [3.05, 3.63) is 12.2 Å². The van der Waals surface area contributed by atoms with Crippen LogP contribution in [0.4, 0.5) is 0 Å². The van der Waals surface area contributed by atoms with Crippen LogP contribution in [0.15, 0.2) is 6.33 Å². The zero-order valence-corrected chi connectivity index (χ0v) is 8.77. The van der Waals surface area contributed by atoms with Crippen molar-refractivity contribution >= 4 is 0 Å². The lowest BCUT2D eigenvalue weighted by Gasteiger charge is -2.09. The van der Waals surface area contributed by atoms with Crippen LogP contribution >= 0.6 is 0 Å². The van der Waals surface area contributed by atoms with Crippen LogP contribution in [-0.4, -0.2) is 33.0 Å². The molecule has 0 radical (unpaired) electrons. The summed E-state index contributed by atoms with van der Waals surface area (Å²) in [5, 5.41) is 15.9. The molecule has 1 heterocycles. The van der Waals surface area contributed by atoms with Gasteiger partial charge in [-0.15, -0.1) is 0 Å². The van der Waals surface area contributed by atoms with E-state index in [4.69, 9.17) is 5.11 Å². The molecule has 1 aromatic rings. The summed E-state index contributed by atoms with van der Waals surface area (Å²) in [6.07, 6.45) is 2.35. The van der Waals surface area contributed by atoms with E-state index in [1.165, 1.54) is 0 Å². The number of hydrogen-bond donors (Lipinski definition) is 2. The Morgan fingerprint density at radius 1 is 1.57 bits per heavy atom. The molecule has 0 aliphatic heterocycles. The van der Waals surface area contributed by atoms with Crippen LogP contribution in [0.2, 0.25) is 0 Å². The Labute approximate surface area is 84.2 Å². The molecule has 0 saturated heterocycles. The molecule has 1 rings (SSSR count). The Morgan fingerprint density at radius 3 is 3.00 bits per heavy atom. The molecular formula is C9H18N4O. The summed E-state index contributed by atoms with van der Waals surface area (Å²) in [7, 11) is 0. The number of aliphatic hydroxyl groups excluding tert-OH is 1. The molecule has 0 unspecified atom stereocenters. The van der Waals surface area contributed by atoms with Crippen LogP contribution in [0.25, 0.3) is 0 Å². The molecule has 0 aliphatic carbocycles. The fourth-order valence-corrected chi connectivity index (χ4v) is 1.24. The van der Waals surface area contributed by atoms with Crippen LogP contribution in [0.1, 0.15) is 32.1 Å². The van der Waals surface area contributed by atoms with Crippen LogP contribution in [0.5, 0.6) is 0 Å². The highest BCUT2D eigenvalue weighted by Crippen LogP contribution is 2.04. The molecule has 0 saturated carbocycles. The van der Waals surface area contributed by atoms with Gasteiger partial charge in [0.05, 0.1) is 6.54 Å². The van der Waals surface area contributed by atoms with E-state index in [1.807, 2.05) is 4.68 Å². The Kier molecular flexibility index (Phi) is 4.55. The number of aromatic nitrogens is 3. The predicted molar refractivity (Wildman–Crippen MR) is 53.8 cm³/mol. The summed E-state index contributed by atoms with van der Waals surface area (Å²) >= 11 is 0. The highest BCUT2D eigenvalue weighted by Gasteiger charge is 2.05. The molecule has 80 valence electrons. The zero-order chi connectivity index (χ0) is 10.4. The molecule has 14 heavy (non-hydrogen) atoms. The van der Waals surface area contributed by atoms with E-state index in [9.17, 15) is 0 Å². The minimum Gasteiger partial charge on any atom is -0.396 e. The first kappa shape index (κ1) is 11.1. The summed E-state index contributed by atoms with van der Waals surface area (Å²) in [5.41, 5.74) is 0. The van der Waals surface area contributed by atoms with Crippen LogP contribution in [0, 0.1) is 0 Å². The standard InChI is InChI=1S/C9H18N4O/c1-8(2)13-9(11-7-12-13)6-10-4-3-5-14/h7-8,10,14H,3-6H2,1-2H3. The van der Waals surface area contributed by atoms with Gasteiger partial charge in [0, 0.05) is 12.6 Å². The smallest absolute Gasteiger partial charge is 0.141 e. The van der Waals surface area contributed by atoms with E-state index < -0.39 is 0 Å². The second-order valence-electron chi connectivity index (χ2n) is 3.47. The first-order valence-corrected chi connectivity index (χ1v) is 4.95. The third-order valence-electron chi connectivity index (χ3n) is 1.93. The largest absolute Gasteiger partial charge is 0.396 e. The predicted octanol–water partition coefficient (Wildman–Crippen LogP) is 0.331. The van der Waals surface area contributed by atoms with Crippen molar-refractivity contribution in [3.63, 3.8) is 0 Å². The Bertz CT molecular complexity index is 259. The minimum absolute atomic E-state index is 0.226. The van der Waals surface area contributed by atoms with Crippen molar-refractivity contribution in [2.75, 3.05) is 13.2 Å². The molecule has 5 nitrogen and oxygen atoms in total. The average Bonchev–Trinajstić information content (AvgIpc) is 2.60. The molecule has 0 spiro atoms. The summed E-state index contributed by atoms with van der Waals surface area (Å²) in [6.45, 7) is 5.89. The fraction of sp³-hybridized carbons (Fsp3) is 0.778. The maximum absolute atomic E-state index is 8.59. The molecule has 0 atom stereocenters. The molecule has 0 amide bonds. The SMILES string of the molecule is CC(C)n1ncnc1CNCCCO. The van der Waals surface area contributed by atoms with Crippen molar-refractivity contribution in [1.82, 2.24) is 20.1 Å². The lowest BCUT2D eigenvalue weighted by molar-refractivity contribution is 0.285. The van der Waals surface area contributed by atoms with E-state index in [0.717, 1.165) is 18.8 Å². The minimum atomic E-state index is 0.226. The van der Waals surface area contributed by atoms with Gasteiger partial charge in [0.2, 0.25) is 0 Å². The zero-order valence-electron chi connectivity index (χ0n) is 8.77. The van der Waals surface area contributed by atoms with E-state index >= 15 is 0 Å². The molecule has 2 N–H and O–H groups in total. The Morgan fingerprint density at radius 2 is 2.36 bits per heavy atom. The van der Waals surface area contributed by atoms with Crippen molar-refractivity contribution in [1.29, 1.82) is 0 Å². The number of nitrogens with zero attached hydrogens (tertiary/aromatic N) is 3. The van der Waals surface area contributed by atoms with Gasteiger partial charge in [-0.1, -0.05) is 0 Å². The number of rotatable bonds is 6. The first-order valence-electron chi connectivity index (χ1n) is 4.95. The highest BCUT2D eigenvalue weighted by atomic mass is 16.3. The van der Waals surface area contributed by atoms with E-state index in [2.05, 4.69) is 29.2 Å². The highest BCUT2D eigenvalue weighted by molar-refractivity contribution is 4.85. The normalized spacial score (nSPS) is 11.1. The van der Waals surface area contributed by atoms with E-state index in [1.54, 1.807) is 6.33 Å². The summed E-state index contributed by atoms with van der Waals surface area (Å²) < 4.78 is 1.89.